The maximum Gasteiger partial charge on any atom is 0.223 e. The summed E-state index contributed by atoms with van der Waals surface area (Å²) >= 11 is 0. The fourth-order valence-electron chi connectivity index (χ4n) is 4.01. The van der Waals surface area contributed by atoms with E-state index in [9.17, 15) is 4.79 Å². The van der Waals surface area contributed by atoms with Gasteiger partial charge in [-0.15, -0.1) is 12.4 Å². The van der Waals surface area contributed by atoms with E-state index in [1.54, 1.807) is 0 Å². The minimum atomic E-state index is 0. The van der Waals surface area contributed by atoms with Crippen LogP contribution in [0.1, 0.15) is 45.4 Å². The highest BCUT2D eigenvalue weighted by Gasteiger charge is 2.59. The lowest BCUT2D eigenvalue weighted by Gasteiger charge is -2.61. The van der Waals surface area contributed by atoms with E-state index in [0.717, 1.165) is 39.0 Å². The van der Waals surface area contributed by atoms with E-state index in [1.165, 1.54) is 19.3 Å². The van der Waals surface area contributed by atoms with Crippen molar-refractivity contribution in [3.05, 3.63) is 0 Å². The molecule has 3 rings (SSSR count). The van der Waals surface area contributed by atoms with Crippen molar-refractivity contribution in [2.75, 3.05) is 19.7 Å². The highest BCUT2D eigenvalue weighted by atomic mass is 35.5. The summed E-state index contributed by atoms with van der Waals surface area (Å²) in [5, 5.41) is 6.63. The number of hydrogen-bond acceptors (Lipinski definition) is 3. The predicted molar refractivity (Wildman–Crippen MR) is 81.1 cm³/mol. The summed E-state index contributed by atoms with van der Waals surface area (Å²) in [6.07, 6.45) is 7.14. The third kappa shape index (κ3) is 2.70. The Labute approximate surface area is 127 Å². The van der Waals surface area contributed by atoms with E-state index in [0.29, 0.717) is 17.6 Å². The minimum absolute atomic E-state index is 0. The van der Waals surface area contributed by atoms with Crippen LogP contribution >= 0.6 is 12.4 Å². The number of piperidine rings is 1. The second-order valence-electron chi connectivity index (χ2n) is 6.35. The molecule has 3 aliphatic rings. The van der Waals surface area contributed by atoms with Crippen molar-refractivity contribution < 1.29 is 9.53 Å². The maximum absolute atomic E-state index is 12.3. The molecule has 116 valence electrons. The molecule has 0 bridgehead atoms. The molecule has 5 heteroatoms. The average Bonchev–Trinajstić information content (AvgIpc) is 2.36. The molecule has 0 aromatic carbocycles. The van der Waals surface area contributed by atoms with Gasteiger partial charge in [0.1, 0.15) is 0 Å². The van der Waals surface area contributed by atoms with Crippen LogP contribution in [0.15, 0.2) is 0 Å². The lowest BCUT2D eigenvalue weighted by Crippen LogP contribution is -2.68. The number of nitrogens with one attached hydrogen (secondary N) is 2. The molecular formula is C15H27ClN2O2. The van der Waals surface area contributed by atoms with E-state index in [-0.39, 0.29) is 24.2 Å². The molecule has 1 heterocycles. The van der Waals surface area contributed by atoms with Gasteiger partial charge in [0.25, 0.3) is 0 Å². The monoisotopic (exact) mass is 302 g/mol. The Morgan fingerprint density at radius 1 is 1.35 bits per heavy atom. The Morgan fingerprint density at radius 3 is 2.60 bits per heavy atom. The molecule has 0 aromatic heterocycles. The molecular weight excluding hydrogens is 276 g/mol. The minimum Gasteiger partial charge on any atom is -0.378 e. The van der Waals surface area contributed by atoms with Gasteiger partial charge in [0.15, 0.2) is 0 Å². The summed E-state index contributed by atoms with van der Waals surface area (Å²) in [6.45, 7) is 4.82. The lowest BCUT2D eigenvalue weighted by molar-refractivity contribution is -0.176. The van der Waals surface area contributed by atoms with Crippen LogP contribution in [0.25, 0.3) is 0 Å². The molecule has 2 unspecified atom stereocenters. The average molecular weight is 303 g/mol. The fourth-order valence-corrected chi connectivity index (χ4v) is 4.01. The van der Waals surface area contributed by atoms with Crippen molar-refractivity contribution in [3.8, 4) is 0 Å². The summed E-state index contributed by atoms with van der Waals surface area (Å²) in [5.74, 6) is 0.511. The van der Waals surface area contributed by atoms with Gasteiger partial charge < -0.3 is 15.4 Å². The first-order valence-electron chi connectivity index (χ1n) is 7.89. The third-order valence-corrected chi connectivity index (χ3v) is 5.46. The summed E-state index contributed by atoms with van der Waals surface area (Å²) < 4.78 is 5.83. The molecule has 1 amide bonds. The predicted octanol–water partition coefficient (Wildman–Crippen LogP) is 1.87. The van der Waals surface area contributed by atoms with Crippen molar-refractivity contribution in [2.45, 2.75) is 57.6 Å². The Kier molecular flexibility index (Phi) is 5.32. The van der Waals surface area contributed by atoms with Crippen LogP contribution in [0.4, 0.5) is 0 Å². The highest BCUT2D eigenvalue weighted by Crippen LogP contribution is 2.57. The standard InChI is InChI=1S/C15H26N2O2.ClH/c1-2-19-13-10-12(15(13)6-3-7-15)17-14(18)11-4-8-16-9-5-11;/h11-13,16H,2-10H2,1H3,(H,17,18);1H. The number of hydrogen-bond donors (Lipinski definition) is 2. The van der Waals surface area contributed by atoms with Crippen molar-refractivity contribution in [1.29, 1.82) is 0 Å². The first-order valence-corrected chi connectivity index (χ1v) is 7.89. The van der Waals surface area contributed by atoms with Crippen LogP contribution in [-0.4, -0.2) is 37.7 Å². The van der Waals surface area contributed by atoms with E-state index in [2.05, 4.69) is 17.6 Å². The van der Waals surface area contributed by atoms with Gasteiger partial charge in [-0.25, -0.2) is 0 Å². The molecule has 2 N–H and O–H groups in total. The number of ether oxygens (including phenoxy) is 1. The molecule has 20 heavy (non-hydrogen) atoms. The molecule has 2 atom stereocenters. The van der Waals surface area contributed by atoms with Crippen LogP contribution in [-0.2, 0) is 9.53 Å². The second-order valence-corrected chi connectivity index (χ2v) is 6.35. The summed E-state index contributed by atoms with van der Waals surface area (Å²) in [4.78, 5) is 12.3. The van der Waals surface area contributed by atoms with Crippen molar-refractivity contribution >= 4 is 18.3 Å². The SMILES string of the molecule is CCOC1CC(NC(=O)C2CCNCC2)C12CCC2.Cl. The number of halogens is 1. The van der Waals surface area contributed by atoms with Crippen LogP contribution in [0.2, 0.25) is 0 Å². The van der Waals surface area contributed by atoms with Crippen molar-refractivity contribution in [3.63, 3.8) is 0 Å². The van der Waals surface area contributed by atoms with E-state index >= 15 is 0 Å². The Morgan fingerprint density at radius 2 is 2.05 bits per heavy atom. The van der Waals surface area contributed by atoms with Gasteiger partial charge in [-0.05, 0) is 52.1 Å². The van der Waals surface area contributed by atoms with Gasteiger partial charge in [0, 0.05) is 24.0 Å². The zero-order valence-electron chi connectivity index (χ0n) is 12.3. The fraction of sp³-hybridized carbons (Fsp3) is 0.933. The van der Waals surface area contributed by atoms with Crippen LogP contribution < -0.4 is 10.6 Å². The maximum atomic E-state index is 12.3. The molecule has 2 saturated carbocycles. The first kappa shape index (κ1) is 16.1. The Hall–Kier alpha value is -0.320. The molecule has 1 saturated heterocycles. The zero-order chi connectivity index (χ0) is 13.3. The smallest absolute Gasteiger partial charge is 0.223 e. The molecule has 0 radical (unpaired) electrons. The topological polar surface area (TPSA) is 50.4 Å². The number of carbonyl (C=O) groups is 1. The lowest BCUT2D eigenvalue weighted by atomic mass is 9.51. The zero-order valence-corrected chi connectivity index (χ0v) is 13.1. The molecule has 0 aromatic rings. The van der Waals surface area contributed by atoms with E-state index in [1.807, 2.05) is 0 Å². The van der Waals surface area contributed by atoms with Gasteiger partial charge in [0.2, 0.25) is 5.91 Å². The van der Waals surface area contributed by atoms with Crippen LogP contribution in [0, 0.1) is 11.3 Å². The summed E-state index contributed by atoms with van der Waals surface area (Å²) in [6, 6.07) is 0.375. The number of amides is 1. The first-order chi connectivity index (χ1) is 9.26. The van der Waals surface area contributed by atoms with Crippen molar-refractivity contribution in [2.24, 2.45) is 11.3 Å². The normalized spacial score (nSPS) is 31.9. The Bertz CT molecular complexity index is 341. The summed E-state index contributed by atoms with van der Waals surface area (Å²) in [7, 11) is 0. The van der Waals surface area contributed by atoms with Gasteiger partial charge in [-0.3, -0.25) is 4.79 Å². The highest BCUT2D eigenvalue weighted by molar-refractivity contribution is 5.85. The largest absolute Gasteiger partial charge is 0.378 e. The Balaban J connectivity index is 0.00000147. The van der Waals surface area contributed by atoms with Gasteiger partial charge in [-0.2, -0.15) is 0 Å². The quantitative estimate of drug-likeness (QED) is 0.833. The second kappa shape index (κ2) is 6.63. The molecule has 1 spiro atoms. The molecule has 1 aliphatic heterocycles. The molecule has 2 aliphatic carbocycles. The van der Waals surface area contributed by atoms with E-state index in [4.69, 9.17) is 4.74 Å². The number of rotatable bonds is 4. The van der Waals surface area contributed by atoms with Crippen LogP contribution in [0.5, 0.6) is 0 Å². The van der Waals surface area contributed by atoms with Gasteiger partial charge >= 0.3 is 0 Å². The summed E-state index contributed by atoms with van der Waals surface area (Å²) in [5.41, 5.74) is 0.290. The van der Waals surface area contributed by atoms with Gasteiger partial charge in [-0.1, -0.05) is 6.42 Å². The van der Waals surface area contributed by atoms with Crippen LogP contribution in [0.3, 0.4) is 0 Å². The molecule has 3 fully saturated rings. The van der Waals surface area contributed by atoms with Gasteiger partial charge in [0.05, 0.1) is 6.10 Å². The number of carbonyl (C=O) groups excluding carboxylic acids is 1. The molecule has 4 nitrogen and oxygen atoms in total. The third-order valence-electron chi connectivity index (χ3n) is 5.46. The van der Waals surface area contributed by atoms with Crippen molar-refractivity contribution in [1.82, 2.24) is 10.6 Å². The van der Waals surface area contributed by atoms with E-state index < -0.39 is 0 Å².